The molecule has 21 heavy (non-hydrogen) atoms. The molecular weight excluding hydrogens is 302 g/mol. The number of rotatable bonds is 5. The topological polar surface area (TPSA) is 49.3 Å². The third-order valence-corrected chi connectivity index (χ3v) is 5.00. The second kappa shape index (κ2) is 7.99. The average Bonchev–Trinajstić information content (AvgIpc) is 3.14. The van der Waals surface area contributed by atoms with Gasteiger partial charge < -0.3 is 10.4 Å². The molecule has 2 heterocycles. The summed E-state index contributed by atoms with van der Waals surface area (Å²) in [7, 11) is 0. The van der Waals surface area contributed by atoms with Gasteiger partial charge in [0.15, 0.2) is 0 Å². The number of aliphatic hydroxyl groups excluding tert-OH is 1. The highest BCUT2D eigenvalue weighted by Gasteiger charge is 2.09. The summed E-state index contributed by atoms with van der Waals surface area (Å²) in [5.74, 6) is 5.89. The third kappa shape index (κ3) is 4.43. The van der Waals surface area contributed by atoms with E-state index in [1.54, 1.807) is 11.3 Å². The first kappa shape index (κ1) is 15.8. The maximum atomic E-state index is 12.1. The number of aryl methyl sites for hydroxylation is 1. The number of amides is 1. The van der Waals surface area contributed by atoms with Gasteiger partial charge in [0.1, 0.15) is 0 Å². The summed E-state index contributed by atoms with van der Waals surface area (Å²) in [5.41, 5.74) is 0.925. The van der Waals surface area contributed by atoms with Gasteiger partial charge in [-0.05, 0) is 30.0 Å². The molecule has 2 N–H and O–H groups in total. The Kier molecular flexibility index (Phi) is 6.00. The predicted octanol–water partition coefficient (Wildman–Crippen LogP) is 3.04. The molecule has 2 aromatic heterocycles. The molecule has 0 aliphatic rings. The first-order chi connectivity index (χ1) is 10.2. The van der Waals surface area contributed by atoms with Gasteiger partial charge in [0.05, 0.1) is 18.0 Å². The molecule has 110 valence electrons. The fourth-order valence-electron chi connectivity index (χ4n) is 1.74. The van der Waals surface area contributed by atoms with Gasteiger partial charge in [0.25, 0.3) is 5.91 Å². The molecule has 0 saturated heterocycles. The Morgan fingerprint density at radius 2 is 2.24 bits per heavy atom. The van der Waals surface area contributed by atoms with E-state index in [4.69, 9.17) is 5.11 Å². The Hall–Kier alpha value is -1.61. The molecule has 0 bridgehead atoms. The van der Waals surface area contributed by atoms with E-state index in [0.29, 0.717) is 13.0 Å². The zero-order valence-corrected chi connectivity index (χ0v) is 13.4. The van der Waals surface area contributed by atoms with E-state index < -0.39 is 0 Å². The minimum Gasteiger partial charge on any atom is -0.395 e. The van der Waals surface area contributed by atoms with Crippen LogP contribution in [0.15, 0.2) is 23.6 Å². The van der Waals surface area contributed by atoms with Crippen LogP contribution < -0.4 is 5.32 Å². The van der Waals surface area contributed by atoms with Gasteiger partial charge in [-0.25, -0.2) is 0 Å². The van der Waals surface area contributed by atoms with Crippen molar-refractivity contribution in [2.45, 2.75) is 26.3 Å². The molecule has 1 amide bonds. The van der Waals surface area contributed by atoms with Crippen LogP contribution >= 0.6 is 22.7 Å². The third-order valence-electron chi connectivity index (χ3n) is 2.85. The van der Waals surface area contributed by atoms with E-state index in [1.165, 1.54) is 16.2 Å². The molecule has 0 aliphatic heterocycles. The molecule has 2 rings (SSSR count). The normalized spacial score (nSPS) is 10.0. The molecule has 3 nitrogen and oxygen atoms in total. The number of hydrogen-bond donors (Lipinski definition) is 2. The molecule has 0 aromatic carbocycles. The van der Waals surface area contributed by atoms with Crippen LogP contribution in [-0.4, -0.2) is 17.6 Å². The summed E-state index contributed by atoms with van der Waals surface area (Å²) in [6.45, 7) is 2.64. The van der Waals surface area contributed by atoms with E-state index in [9.17, 15) is 4.79 Å². The van der Waals surface area contributed by atoms with Crippen LogP contribution in [0.1, 0.15) is 38.3 Å². The van der Waals surface area contributed by atoms with Gasteiger partial charge in [-0.15, -0.1) is 22.7 Å². The van der Waals surface area contributed by atoms with E-state index in [0.717, 1.165) is 21.7 Å². The lowest BCUT2D eigenvalue weighted by Gasteiger charge is -2.02. The van der Waals surface area contributed by atoms with Crippen LogP contribution in [0.5, 0.6) is 0 Å². The molecule has 5 heteroatoms. The first-order valence-corrected chi connectivity index (χ1v) is 8.47. The average molecular weight is 319 g/mol. The van der Waals surface area contributed by atoms with Gasteiger partial charge in [-0.3, -0.25) is 4.79 Å². The fraction of sp³-hybridized carbons (Fsp3) is 0.312. The summed E-state index contributed by atoms with van der Waals surface area (Å²) >= 11 is 3.11. The van der Waals surface area contributed by atoms with Crippen molar-refractivity contribution in [2.24, 2.45) is 0 Å². The van der Waals surface area contributed by atoms with E-state index in [-0.39, 0.29) is 12.5 Å². The van der Waals surface area contributed by atoms with Crippen LogP contribution in [0.4, 0.5) is 0 Å². The van der Waals surface area contributed by atoms with Crippen LogP contribution in [-0.2, 0) is 13.0 Å². The number of nitrogens with one attached hydrogen (secondary N) is 1. The fourth-order valence-corrected chi connectivity index (χ4v) is 3.37. The smallest absolute Gasteiger partial charge is 0.261 e. The Balaban J connectivity index is 1.96. The van der Waals surface area contributed by atoms with Crippen molar-refractivity contribution in [3.05, 3.63) is 43.8 Å². The van der Waals surface area contributed by atoms with Crippen LogP contribution in [0.3, 0.4) is 0 Å². The van der Waals surface area contributed by atoms with Crippen molar-refractivity contribution < 1.29 is 9.90 Å². The number of carbonyl (C=O) groups is 1. The van der Waals surface area contributed by atoms with Crippen molar-refractivity contribution in [2.75, 3.05) is 6.61 Å². The molecule has 0 spiro atoms. The number of aliphatic hydroxyl groups is 1. The van der Waals surface area contributed by atoms with Gasteiger partial charge in [-0.2, -0.15) is 0 Å². The Morgan fingerprint density at radius 3 is 2.95 bits per heavy atom. The van der Waals surface area contributed by atoms with Gasteiger partial charge in [-0.1, -0.05) is 18.8 Å². The Morgan fingerprint density at radius 1 is 1.38 bits per heavy atom. The molecule has 0 radical (unpaired) electrons. The number of hydrogen-bond acceptors (Lipinski definition) is 4. The highest BCUT2D eigenvalue weighted by Crippen LogP contribution is 2.18. The summed E-state index contributed by atoms with van der Waals surface area (Å²) < 4.78 is 0. The first-order valence-electron chi connectivity index (χ1n) is 6.77. The summed E-state index contributed by atoms with van der Waals surface area (Å²) in [5, 5.41) is 13.6. The summed E-state index contributed by atoms with van der Waals surface area (Å²) in [4.78, 5) is 15.1. The standard InChI is InChI=1S/C16H17NO2S2/c1-2-13-6-7-14(21-13)16(19)17-11-15-12(8-10-20-15)5-3-4-9-18/h6-8,10,18H,2,4,9,11H2,1H3,(H,17,19). The van der Waals surface area contributed by atoms with Crippen molar-refractivity contribution in [3.8, 4) is 11.8 Å². The van der Waals surface area contributed by atoms with Crippen molar-refractivity contribution in [3.63, 3.8) is 0 Å². The molecular formula is C16H17NO2S2. The van der Waals surface area contributed by atoms with E-state index in [2.05, 4.69) is 24.1 Å². The van der Waals surface area contributed by atoms with E-state index >= 15 is 0 Å². The largest absolute Gasteiger partial charge is 0.395 e. The lowest BCUT2D eigenvalue weighted by atomic mass is 10.2. The minimum absolute atomic E-state index is 0.0395. The highest BCUT2D eigenvalue weighted by molar-refractivity contribution is 7.14. The maximum absolute atomic E-state index is 12.1. The van der Waals surface area contributed by atoms with Crippen molar-refractivity contribution >= 4 is 28.6 Å². The lowest BCUT2D eigenvalue weighted by molar-refractivity contribution is 0.0955. The quantitative estimate of drug-likeness (QED) is 0.832. The SMILES string of the molecule is CCc1ccc(C(=O)NCc2sccc2C#CCCO)s1. The van der Waals surface area contributed by atoms with Crippen LogP contribution in [0.25, 0.3) is 0 Å². The molecule has 0 unspecified atom stereocenters. The van der Waals surface area contributed by atoms with Crippen LogP contribution in [0.2, 0.25) is 0 Å². The monoisotopic (exact) mass is 319 g/mol. The van der Waals surface area contributed by atoms with Crippen molar-refractivity contribution in [1.29, 1.82) is 0 Å². The molecule has 0 atom stereocenters. The number of thiophene rings is 2. The molecule has 0 fully saturated rings. The molecule has 0 saturated carbocycles. The summed E-state index contributed by atoms with van der Waals surface area (Å²) in [6.07, 6.45) is 1.42. The predicted molar refractivity (Wildman–Crippen MR) is 87.8 cm³/mol. The van der Waals surface area contributed by atoms with Crippen molar-refractivity contribution in [1.82, 2.24) is 5.32 Å². The zero-order chi connectivity index (χ0) is 15.1. The lowest BCUT2D eigenvalue weighted by Crippen LogP contribution is -2.21. The Labute approximate surface area is 132 Å². The second-order valence-electron chi connectivity index (χ2n) is 4.34. The minimum atomic E-state index is -0.0395. The molecule has 2 aromatic rings. The number of carbonyl (C=O) groups excluding carboxylic acids is 1. The van der Waals surface area contributed by atoms with Crippen LogP contribution in [0, 0.1) is 11.8 Å². The second-order valence-corrected chi connectivity index (χ2v) is 6.50. The van der Waals surface area contributed by atoms with Gasteiger partial charge >= 0.3 is 0 Å². The zero-order valence-electron chi connectivity index (χ0n) is 11.8. The maximum Gasteiger partial charge on any atom is 0.261 e. The van der Waals surface area contributed by atoms with Gasteiger partial charge in [0.2, 0.25) is 0 Å². The van der Waals surface area contributed by atoms with Gasteiger partial charge in [0, 0.05) is 21.7 Å². The molecule has 0 aliphatic carbocycles. The Bertz CT molecular complexity index is 661. The highest BCUT2D eigenvalue weighted by atomic mass is 32.1. The van der Waals surface area contributed by atoms with E-state index in [1.807, 2.05) is 23.6 Å². The summed E-state index contributed by atoms with van der Waals surface area (Å²) in [6, 6.07) is 5.81.